The molecule has 14 heavy (non-hydrogen) atoms. The van der Waals surface area contributed by atoms with E-state index in [-0.39, 0.29) is 5.41 Å². The molecular formula is C10H18N4. The van der Waals surface area contributed by atoms with Crippen molar-refractivity contribution in [3.8, 4) is 0 Å². The van der Waals surface area contributed by atoms with Gasteiger partial charge in [-0.1, -0.05) is 6.92 Å². The van der Waals surface area contributed by atoms with E-state index >= 15 is 0 Å². The average molecular weight is 194 g/mol. The molecule has 0 bridgehead atoms. The molecule has 0 aliphatic heterocycles. The van der Waals surface area contributed by atoms with Gasteiger partial charge in [0, 0.05) is 12.0 Å². The van der Waals surface area contributed by atoms with Gasteiger partial charge in [0.25, 0.3) is 0 Å². The Labute approximate surface area is 84.3 Å². The third-order valence-corrected chi connectivity index (χ3v) is 3.54. The second kappa shape index (κ2) is 3.69. The maximum atomic E-state index is 5.89. The van der Waals surface area contributed by atoms with Gasteiger partial charge in [-0.3, -0.25) is 5.10 Å². The molecule has 3 N–H and O–H groups in total. The van der Waals surface area contributed by atoms with Crippen molar-refractivity contribution in [1.82, 2.24) is 15.2 Å². The third kappa shape index (κ3) is 1.54. The van der Waals surface area contributed by atoms with Crippen molar-refractivity contribution >= 4 is 0 Å². The van der Waals surface area contributed by atoms with Crippen LogP contribution in [-0.4, -0.2) is 21.7 Å². The second-order valence-corrected chi connectivity index (χ2v) is 4.50. The number of hydrogen-bond donors (Lipinski definition) is 2. The van der Waals surface area contributed by atoms with Gasteiger partial charge in [0.15, 0.2) is 0 Å². The van der Waals surface area contributed by atoms with Gasteiger partial charge in [0.2, 0.25) is 0 Å². The quantitative estimate of drug-likeness (QED) is 0.743. The van der Waals surface area contributed by atoms with Crippen LogP contribution in [0.25, 0.3) is 0 Å². The first-order chi connectivity index (χ1) is 6.77. The van der Waals surface area contributed by atoms with Crippen molar-refractivity contribution in [2.45, 2.75) is 38.0 Å². The minimum Gasteiger partial charge on any atom is -0.329 e. The minimum absolute atomic E-state index is 0.0724. The molecule has 1 aromatic rings. The highest BCUT2D eigenvalue weighted by Gasteiger charge is 2.36. The molecule has 1 aliphatic carbocycles. The van der Waals surface area contributed by atoms with Gasteiger partial charge in [-0.25, -0.2) is 4.98 Å². The summed E-state index contributed by atoms with van der Waals surface area (Å²) in [6, 6.07) is 0. The van der Waals surface area contributed by atoms with E-state index in [1.54, 1.807) is 6.33 Å². The summed E-state index contributed by atoms with van der Waals surface area (Å²) in [4.78, 5) is 4.26. The molecule has 0 spiro atoms. The van der Waals surface area contributed by atoms with Crippen LogP contribution in [0, 0.1) is 5.92 Å². The van der Waals surface area contributed by atoms with Gasteiger partial charge >= 0.3 is 0 Å². The lowest BCUT2D eigenvalue weighted by molar-refractivity contribution is 0.237. The fourth-order valence-electron chi connectivity index (χ4n) is 2.31. The van der Waals surface area contributed by atoms with Crippen LogP contribution in [0.15, 0.2) is 6.33 Å². The first kappa shape index (κ1) is 9.65. The third-order valence-electron chi connectivity index (χ3n) is 3.54. The predicted molar refractivity (Wildman–Crippen MR) is 54.7 cm³/mol. The Morgan fingerprint density at radius 2 is 2.29 bits per heavy atom. The van der Waals surface area contributed by atoms with E-state index in [1.807, 2.05) is 0 Å². The topological polar surface area (TPSA) is 67.6 Å². The maximum Gasteiger partial charge on any atom is 0.137 e. The first-order valence-corrected chi connectivity index (χ1v) is 5.33. The number of rotatable bonds is 2. The summed E-state index contributed by atoms with van der Waals surface area (Å²) in [6.45, 7) is 2.98. The molecule has 0 atom stereocenters. The van der Waals surface area contributed by atoms with E-state index in [2.05, 4.69) is 22.1 Å². The summed E-state index contributed by atoms with van der Waals surface area (Å²) < 4.78 is 0. The van der Waals surface area contributed by atoms with E-state index in [1.165, 1.54) is 12.8 Å². The van der Waals surface area contributed by atoms with Crippen LogP contribution in [0.1, 0.15) is 38.4 Å². The van der Waals surface area contributed by atoms with Gasteiger partial charge in [-0.2, -0.15) is 5.10 Å². The molecule has 0 aromatic carbocycles. The monoisotopic (exact) mass is 194 g/mol. The molecule has 0 amide bonds. The van der Waals surface area contributed by atoms with Crippen molar-refractivity contribution < 1.29 is 0 Å². The maximum absolute atomic E-state index is 5.89. The van der Waals surface area contributed by atoms with Crippen LogP contribution in [0.4, 0.5) is 0 Å². The van der Waals surface area contributed by atoms with Gasteiger partial charge in [-0.05, 0) is 31.6 Å². The highest BCUT2D eigenvalue weighted by atomic mass is 15.2. The standard InChI is InChI=1S/C10H18N4/c1-8-2-4-10(6-11,5-3-8)9-12-7-13-14-9/h7-8H,2-6,11H2,1H3,(H,12,13,14). The van der Waals surface area contributed by atoms with Crippen molar-refractivity contribution in [2.24, 2.45) is 11.7 Å². The van der Waals surface area contributed by atoms with Gasteiger partial charge < -0.3 is 5.73 Å². The molecule has 1 aliphatic rings. The number of aromatic nitrogens is 3. The smallest absolute Gasteiger partial charge is 0.137 e. The number of H-pyrrole nitrogens is 1. The number of nitrogens with zero attached hydrogens (tertiary/aromatic N) is 2. The van der Waals surface area contributed by atoms with Crippen LogP contribution >= 0.6 is 0 Å². The Hall–Kier alpha value is -0.900. The lowest BCUT2D eigenvalue weighted by Gasteiger charge is -2.36. The molecule has 0 radical (unpaired) electrons. The van der Waals surface area contributed by atoms with Gasteiger partial charge in [-0.15, -0.1) is 0 Å². The zero-order valence-electron chi connectivity index (χ0n) is 8.66. The Morgan fingerprint density at radius 1 is 1.57 bits per heavy atom. The normalized spacial score (nSPS) is 33.1. The molecule has 1 saturated carbocycles. The van der Waals surface area contributed by atoms with E-state index < -0.39 is 0 Å². The molecule has 1 fully saturated rings. The lowest BCUT2D eigenvalue weighted by atomic mass is 9.70. The molecule has 1 heterocycles. The number of nitrogens with one attached hydrogen (secondary N) is 1. The summed E-state index contributed by atoms with van der Waals surface area (Å²) >= 11 is 0. The van der Waals surface area contributed by atoms with Gasteiger partial charge in [0.05, 0.1) is 0 Å². The Balaban J connectivity index is 2.19. The first-order valence-electron chi connectivity index (χ1n) is 5.33. The zero-order valence-corrected chi connectivity index (χ0v) is 8.66. The van der Waals surface area contributed by atoms with Crippen molar-refractivity contribution in [3.63, 3.8) is 0 Å². The van der Waals surface area contributed by atoms with Crippen LogP contribution in [0.5, 0.6) is 0 Å². The molecule has 1 aromatic heterocycles. The highest BCUT2D eigenvalue weighted by molar-refractivity contribution is 5.09. The summed E-state index contributed by atoms with van der Waals surface area (Å²) in [7, 11) is 0. The highest BCUT2D eigenvalue weighted by Crippen LogP contribution is 2.38. The Bertz CT molecular complexity index is 272. The van der Waals surface area contributed by atoms with Crippen LogP contribution < -0.4 is 5.73 Å². The number of hydrogen-bond acceptors (Lipinski definition) is 3. The number of aromatic amines is 1. The van der Waals surface area contributed by atoms with Crippen LogP contribution in [0.3, 0.4) is 0 Å². The minimum atomic E-state index is 0.0724. The largest absolute Gasteiger partial charge is 0.329 e. The van der Waals surface area contributed by atoms with E-state index in [0.29, 0.717) is 6.54 Å². The molecule has 4 nitrogen and oxygen atoms in total. The summed E-state index contributed by atoms with van der Waals surface area (Å²) in [6.07, 6.45) is 6.35. The molecular weight excluding hydrogens is 176 g/mol. The fraction of sp³-hybridized carbons (Fsp3) is 0.800. The molecule has 78 valence electrons. The molecule has 0 saturated heterocycles. The summed E-state index contributed by atoms with van der Waals surface area (Å²) in [5.41, 5.74) is 5.96. The van der Waals surface area contributed by atoms with E-state index in [0.717, 1.165) is 24.6 Å². The summed E-state index contributed by atoms with van der Waals surface area (Å²) in [5.74, 6) is 1.81. The zero-order chi connectivity index (χ0) is 10.0. The Kier molecular flexibility index (Phi) is 2.54. The fourth-order valence-corrected chi connectivity index (χ4v) is 2.31. The van der Waals surface area contributed by atoms with E-state index in [4.69, 9.17) is 5.73 Å². The van der Waals surface area contributed by atoms with Crippen LogP contribution in [-0.2, 0) is 5.41 Å². The molecule has 0 unspecified atom stereocenters. The average Bonchev–Trinajstić information content (AvgIpc) is 2.73. The van der Waals surface area contributed by atoms with Crippen molar-refractivity contribution in [3.05, 3.63) is 12.2 Å². The Morgan fingerprint density at radius 3 is 2.79 bits per heavy atom. The summed E-state index contributed by atoms with van der Waals surface area (Å²) in [5, 5.41) is 6.89. The van der Waals surface area contributed by atoms with Crippen molar-refractivity contribution in [1.29, 1.82) is 0 Å². The van der Waals surface area contributed by atoms with Gasteiger partial charge in [0.1, 0.15) is 12.2 Å². The molecule has 4 heteroatoms. The van der Waals surface area contributed by atoms with E-state index in [9.17, 15) is 0 Å². The molecule has 2 rings (SSSR count). The number of nitrogens with two attached hydrogens (primary N) is 1. The predicted octanol–water partition coefficient (Wildman–Crippen LogP) is 1.21. The second-order valence-electron chi connectivity index (χ2n) is 4.50. The van der Waals surface area contributed by atoms with Crippen molar-refractivity contribution in [2.75, 3.05) is 6.54 Å². The van der Waals surface area contributed by atoms with Crippen LogP contribution in [0.2, 0.25) is 0 Å². The lowest BCUT2D eigenvalue weighted by Crippen LogP contribution is -2.39. The SMILES string of the molecule is CC1CCC(CN)(c2ncn[nH]2)CC1.